The standard InChI is InChI=1S/C13H21N3O/c1-3-17-13-5-12-4-11(13)9-16(12)8-10-6-14-15(2)7-10/h6-7,11-13H,3-5,8-9H2,1-2H3/t11?,12?,13-/m0/s1. The van der Waals surface area contributed by atoms with Gasteiger partial charge in [0.25, 0.3) is 0 Å². The van der Waals surface area contributed by atoms with Crippen LogP contribution >= 0.6 is 0 Å². The Morgan fingerprint density at radius 3 is 2.94 bits per heavy atom. The number of aromatic nitrogens is 2. The highest BCUT2D eigenvalue weighted by Crippen LogP contribution is 2.40. The maximum absolute atomic E-state index is 5.80. The highest BCUT2D eigenvalue weighted by molar-refractivity contribution is 5.07. The van der Waals surface area contributed by atoms with Crippen molar-refractivity contribution >= 4 is 0 Å². The first-order valence-electron chi connectivity index (χ1n) is 6.59. The van der Waals surface area contributed by atoms with Crippen LogP contribution in [-0.2, 0) is 18.3 Å². The Labute approximate surface area is 103 Å². The second-order valence-corrected chi connectivity index (χ2v) is 5.33. The van der Waals surface area contributed by atoms with Gasteiger partial charge in [-0.15, -0.1) is 0 Å². The van der Waals surface area contributed by atoms with Crippen LogP contribution in [-0.4, -0.2) is 40.0 Å². The number of fused-ring (bicyclic) bond motifs is 2. The largest absolute Gasteiger partial charge is 0.378 e. The first-order valence-corrected chi connectivity index (χ1v) is 6.59. The summed E-state index contributed by atoms with van der Waals surface area (Å²) in [5, 5.41) is 4.23. The van der Waals surface area contributed by atoms with Gasteiger partial charge in [0.05, 0.1) is 12.3 Å². The lowest BCUT2D eigenvalue weighted by Crippen LogP contribution is -2.38. The van der Waals surface area contributed by atoms with Crippen molar-refractivity contribution in [2.75, 3.05) is 13.2 Å². The summed E-state index contributed by atoms with van der Waals surface area (Å²) in [6, 6.07) is 0.733. The Kier molecular flexibility index (Phi) is 2.92. The summed E-state index contributed by atoms with van der Waals surface area (Å²) >= 11 is 0. The van der Waals surface area contributed by atoms with E-state index in [1.165, 1.54) is 24.9 Å². The molecule has 2 aliphatic rings. The molecule has 2 heterocycles. The van der Waals surface area contributed by atoms with Crippen LogP contribution in [0.15, 0.2) is 12.4 Å². The SMILES string of the molecule is CCO[C@H]1CC2CC1CN2Cc1cnn(C)c1. The molecule has 1 aliphatic heterocycles. The molecule has 0 N–H and O–H groups in total. The summed E-state index contributed by atoms with van der Waals surface area (Å²) in [6.45, 7) is 5.20. The summed E-state index contributed by atoms with van der Waals surface area (Å²) in [4.78, 5) is 2.59. The van der Waals surface area contributed by atoms with E-state index in [1.54, 1.807) is 0 Å². The van der Waals surface area contributed by atoms with E-state index in [1.807, 2.05) is 17.9 Å². The molecule has 2 bridgehead atoms. The monoisotopic (exact) mass is 235 g/mol. The lowest BCUT2D eigenvalue weighted by molar-refractivity contribution is 0.00475. The lowest BCUT2D eigenvalue weighted by Gasteiger charge is -2.30. The fourth-order valence-corrected chi connectivity index (χ4v) is 3.40. The molecule has 4 nitrogen and oxygen atoms in total. The molecular weight excluding hydrogens is 214 g/mol. The Hall–Kier alpha value is -0.870. The van der Waals surface area contributed by atoms with E-state index in [0.29, 0.717) is 6.10 Å². The fraction of sp³-hybridized carbons (Fsp3) is 0.769. The number of likely N-dealkylation sites (tertiary alicyclic amines) is 1. The number of hydrogen-bond acceptors (Lipinski definition) is 3. The number of ether oxygens (including phenoxy) is 1. The van der Waals surface area contributed by atoms with Crippen molar-refractivity contribution in [1.82, 2.24) is 14.7 Å². The van der Waals surface area contributed by atoms with Gasteiger partial charge in [0, 0.05) is 44.5 Å². The third-order valence-electron chi connectivity index (χ3n) is 4.12. The molecule has 1 aliphatic carbocycles. The molecule has 17 heavy (non-hydrogen) atoms. The molecule has 94 valence electrons. The molecule has 1 saturated carbocycles. The summed E-state index contributed by atoms with van der Waals surface area (Å²) < 4.78 is 7.68. The first kappa shape index (κ1) is 11.2. The molecule has 2 fully saturated rings. The predicted octanol–water partition coefficient (Wildman–Crippen LogP) is 1.42. The van der Waals surface area contributed by atoms with E-state index in [2.05, 4.69) is 23.1 Å². The Morgan fingerprint density at radius 1 is 1.47 bits per heavy atom. The van der Waals surface area contributed by atoms with Gasteiger partial charge in [0.1, 0.15) is 0 Å². The molecule has 0 amide bonds. The van der Waals surface area contributed by atoms with Crippen LogP contribution in [0.3, 0.4) is 0 Å². The smallest absolute Gasteiger partial charge is 0.0630 e. The second kappa shape index (κ2) is 4.42. The molecular formula is C13H21N3O. The number of aryl methyl sites for hydroxylation is 1. The van der Waals surface area contributed by atoms with Crippen LogP contribution in [0, 0.1) is 5.92 Å². The van der Waals surface area contributed by atoms with Crippen LogP contribution < -0.4 is 0 Å². The Morgan fingerprint density at radius 2 is 2.35 bits per heavy atom. The minimum atomic E-state index is 0.523. The second-order valence-electron chi connectivity index (χ2n) is 5.33. The van der Waals surface area contributed by atoms with Gasteiger partial charge in [-0.05, 0) is 25.7 Å². The molecule has 2 unspecified atom stereocenters. The van der Waals surface area contributed by atoms with Crippen molar-refractivity contribution in [2.24, 2.45) is 13.0 Å². The zero-order valence-corrected chi connectivity index (χ0v) is 10.7. The first-order chi connectivity index (χ1) is 8.26. The summed E-state index contributed by atoms with van der Waals surface area (Å²) in [5.74, 6) is 0.761. The van der Waals surface area contributed by atoms with Gasteiger partial charge in [-0.3, -0.25) is 9.58 Å². The fourth-order valence-electron chi connectivity index (χ4n) is 3.40. The molecule has 0 aromatic carbocycles. The number of hydrogen-bond donors (Lipinski definition) is 0. The summed E-state index contributed by atoms with van der Waals surface area (Å²) in [5.41, 5.74) is 1.33. The van der Waals surface area contributed by atoms with E-state index in [9.17, 15) is 0 Å². The van der Waals surface area contributed by atoms with Gasteiger partial charge in [0.2, 0.25) is 0 Å². The minimum absolute atomic E-state index is 0.523. The quantitative estimate of drug-likeness (QED) is 0.790. The minimum Gasteiger partial charge on any atom is -0.378 e. The van der Waals surface area contributed by atoms with Crippen molar-refractivity contribution in [3.63, 3.8) is 0 Å². The third-order valence-corrected chi connectivity index (χ3v) is 4.12. The third kappa shape index (κ3) is 2.11. The molecule has 0 radical (unpaired) electrons. The molecule has 1 aromatic rings. The number of nitrogens with zero attached hydrogens (tertiary/aromatic N) is 3. The van der Waals surface area contributed by atoms with Crippen molar-refractivity contribution in [2.45, 2.75) is 38.5 Å². The van der Waals surface area contributed by atoms with Gasteiger partial charge < -0.3 is 4.74 Å². The molecule has 3 atom stereocenters. The molecule has 1 saturated heterocycles. The van der Waals surface area contributed by atoms with E-state index in [0.717, 1.165) is 25.1 Å². The highest BCUT2D eigenvalue weighted by atomic mass is 16.5. The van der Waals surface area contributed by atoms with E-state index < -0.39 is 0 Å². The molecule has 3 rings (SSSR count). The zero-order chi connectivity index (χ0) is 11.8. The van der Waals surface area contributed by atoms with Crippen LogP contribution in [0.25, 0.3) is 0 Å². The summed E-state index contributed by atoms with van der Waals surface area (Å²) in [6.07, 6.45) is 7.16. The molecule has 0 spiro atoms. The average Bonchev–Trinajstić information content (AvgIpc) is 2.95. The van der Waals surface area contributed by atoms with Crippen molar-refractivity contribution in [1.29, 1.82) is 0 Å². The maximum atomic E-state index is 5.80. The number of rotatable bonds is 4. The average molecular weight is 235 g/mol. The van der Waals surface area contributed by atoms with Gasteiger partial charge in [-0.25, -0.2) is 0 Å². The lowest BCUT2D eigenvalue weighted by atomic mass is 10.1. The van der Waals surface area contributed by atoms with Gasteiger partial charge >= 0.3 is 0 Å². The van der Waals surface area contributed by atoms with Crippen LogP contribution in [0.2, 0.25) is 0 Å². The van der Waals surface area contributed by atoms with E-state index >= 15 is 0 Å². The van der Waals surface area contributed by atoms with Crippen LogP contribution in [0.5, 0.6) is 0 Å². The van der Waals surface area contributed by atoms with Crippen LogP contribution in [0.4, 0.5) is 0 Å². The van der Waals surface area contributed by atoms with Crippen molar-refractivity contribution in [3.05, 3.63) is 18.0 Å². The van der Waals surface area contributed by atoms with Gasteiger partial charge in [-0.2, -0.15) is 5.10 Å². The highest BCUT2D eigenvalue weighted by Gasteiger charge is 2.44. The maximum Gasteiger partial charge on any atom is 0.0630 e. The topological polar surface area (TPSA) is 30.3 Å². The normalized spacial score (nSPS) is 32.5. The number of piperidine rings is 1. The van der Waals surface area contributed by atoms with Crippen molar-refractivity contribution in [3.8, 4) is 0 Å². The summed E-state index contributed by atoms with van der Waals surface area (Å²) in [7, 11) is 1.98. The Bertz CT molecular complexity index is 390. The van der Waals surface area contributed by atoms with E-state index in [4.69, 9.17) is 4.74 Å². The van der Waals surface area contributed by atoms with Gasteiger partial charge in [0.15, 0.2) is 0 Å². The van der Waals surface area contributed by atoms with Crippen molar-refractivity contribution < 1.29 is 4.74 Å². The van der Waals surface area contributed by atoms with Crippen LogP contribution in [0.1, 0.15) is 25.3 Å². The van der Waals surface area contributed by atoms with Gasteiger partial charge in [-0.1, -0.05) is 0 Å². The Balaban J connectivity index is 1.59. The predicted molar refractivity (Wildman–Crippen MR) is 65.5 cm³/mol. The zero-order valence-electron chi connectivity index (χ0n) is 10.7. The molecule has 4 heteroatoms. The van der Waals surface area contributed by atoms with E-state index in [-0.39, 0.29) is 0 Å². The molecule has 1 aromatic heterocycles.